The highest BCUT2D eigenvalue weighted by Gasteiger charge is 2.27. The lowest BCUT2D eigenvalue weighted by atomic mass is 10.1. The van der Waals surface area contributed by atoms with Gasteiger partial charge in [-0.05, 0) is 37.3 Å². The van der Waals surface area contributed by atoms with Crippen LogP contribution >= 0.6 is 11.6 Å². The molecule has 1 saturated heterocycles. The summed E-state index contributed by atoms with van der Waals surface area (Å²) < 4.78 is 5.16. The van der Waals surface area contributed by atoms with Crippen molar-refractivity contribution in [3.8, 4) is 5.75 Å². The fourth-order valence-corrected chi connectivity index (χ4v) is 3.84. The largest absolute Gasteiger partial charge is 0.426 e. The van der Waals surface area contributed by atoms with Gasteiger partial charge in [0, 0.05) is 53.7 Å². The SMILES string of the molecule is C[C@@H]1CN(C(=O)CNc2ccc3c(c2)OC(=O)C3)CCN1c1ccc(Cl)cc1. The van der Waals surface area contributed by atoms with Crippen molar-refractivity contribution in [1.29, 1.82) is 0 Å². The first-order chi connectivity index (χ1) is 13.5. The minimum atomic E-state index is -0.240. The van der Waals surface area contributed by atoms with Crippen LogP contribution in [0.3, 0.4) is 0 Å². The molecular formula is C21H22ClN3O3. The van der Waals surface area contributed by atoms with Crippen LogP contribution in [0, 0.1) is 0 Å². The summed E-state index contributed by atoms with van der Waals surface area (Å²) in [6, 6.07) is 13.5. The number of ether oxygens (including phenoxy) is 1. The molecule has 2 aromatic rings. The quantitative estimate of drug-likeness (QED) is 0.632. The second-order valence-electron chi connectivity index (χ2n) is 7.19. The van der Waals surface area contributed by atoms with Crippen molar-refractivity contribution in [1.82, 2.24) is 4.90 Å². The molecular weight excluding hydrogens is 378 g/mol. The van der Waals surface area contributed by atoms with Crippen molar-refractivity contribution < 1.29 is 14.3 Å². The van der Waals surface area contributed by atoms with E-state index in [-0.39, 0.29) is 24.5 Å². The van der Waals surface area contributed by atoms with Crippen LogP contribution in [0.1, 0.15) is 12.5 Å². The average Bonchev–Trinajstić information content (AvgIpc) is 3.06. The molecule has 0 radical (unpaired) electrons. The molecule has 2 aliphatic heterocycles. The average molecular weight is 400 g/mol. The first kappa shape index (κ1) is 18.6. The lowest BCUT2D eigenvalue weighted by molar-refractivity contribution is -0.132. The van der Waals surface area contributed by atoms with Crippen LogP contribution in [-0.2, 0) is 16.0 Å². The van der Waals surface area contributed by atoms with Gasteiger partial charge in [-0.25, -0.2) is 0 Å². The Labute approximate surface area is 169 Å². The number of esters is 1. The number of hydrogen-bond donors (Lipinski definition) is 1. The fourth-order valence-electron chi connectivity index (χ4n) is 3.71. The molecule has 7 heteroatoms. The van der Waals surface area contributed by atoms with Gasteiger partial charge >= 0.3 is 5.97 Å². The lowest BCUT2D eigenvalue weighted by Crippen LogP contribution is -2.54. The Morgan fingerprint density at radius 1 is 1.21 bits per heavy atom. The Balaban J connectivity index is 1.32. The Hall–Kier alpha value is -2.73. The molecule has 1 amide bonds. The number of anilines is 2. The van der Waals surface area contributed by atoms with Gasteiger partial charge in [0.05, 0.1) is 13.0 Å². The maximum Gasteiger partial charge on any atom is 0.315 e. The van der Waals surface area contributed by atoms with E-state index in [0.717, 1.165) is 28.5 Å². The number of fused-ring (bicyclic) bond motifs is 1. The fraction of sp³-hybridized carbons (Fsp3) is 0.333. The van der Waals surface area contributed by atoms with Crippen LogP contribution in [0.15, 0.2) is 42.5 Å². The summed E-state index contributed by atoms with van der Waals surface area (Å²) in [4.78, 5) is 28.2. The van der Waals surface area contributed by atoms with Crippen molar-refractivity contribution in [3.63, 3.8) is 0 Å². The second kappa shape index (κ2) is 7.72. The van der Waals surface area contributed by atoms with Gasteiger partial charge in [0.2, 0.25) is 5.91 Å². The lowest BCUT2D eigenvalue weighted by Gasteiger charge is -2.41. The van der Waals surface area contributed by atoms with Crippen molar-refractivity contribution >= 4 is 34.9 Å². The predicted octanol–water partition coefficient (Wildman–Crippen LogP) is 2.95. The Bertz CT molecular complexity index is 900. The van der Waals surface area contributed by atoms with E-state index in [1.54, 1.807) is 6.07 Å². The maximum atomic E-state index is 12.6. The van der Waals surface area contributed by atoms with E-state index in [1.165, 1.54) is 0 Å². The summed E-state index contributed by atoms with van der Waals surface area (Å²) in [5.41, 5.74) is 2.78. The highest BCUT2D eigenvalue weighted by atomic mass is 35.5. The van der Waals surface area contributed by atoms with Crippen LogP contribution in [-0.4, -0.2) is 49.0 Å². The molecule has 1 fully saturated rings. The molecule has 0 spiro atoms. The van der Waals surface area contributed by atoms with E-state index in [2.05, 4.69) is 17.1 Å². The molecule has 4 rings (SSSR count). The topological polar surface area (TPSA) is 61.9 Å². The molecule has 0 aromatic heterocycles. The zero-order valence-electron chi connectivity index (χ0n) is 15.7. The normalized spacial score (nSPS) is 18.6. The van der Waals surface area contributed by atoms with Crippen molar-refractivity contribution in [3.05, 3.63) is 53.1 Å². The summed E-state index contributed by atoms with van der Waals surface area (Å²) in [6.07, 6.45) is 0.310. The molecule has 0 unspecified atom stereocenters. The van der Waals surface area contributed by atoms with Crippen molar-refractivity contribution in [2.45, 2.75) is 19.4 Å². The van der Waals surface area contributed by atoms with E-state index in [0.29, 0.717) is 25.3 Å². The zero-order chi connectivity index (χ0) is 19.7. The summed E-state index contributed by atoms with van der Waals surface area (Å²) in [5, 5.41) is 3.86. The summed E-state index contributed by atoms with van der Waals surface area (Å²) in [6.45, 7) is 4.46. The minimum absolute atomic E-state index is 0.0556. The van der Waals surface area contributed by atoms with Crippen LogP contribution in [0.25, 0.3) is 0 Å². The first-order valence-corrected chi connectivity index (χ1v) is 9.75. The third kappa shape index (κ3) is 3.92. The van der Waals surface area contributed by atoms with Gasteiger partial charge in [0.1, 0.15) is 5.75 Å². The number of rotatable bonds is 4. The van der Waals surface area contributed by atoms with Crippen LogP contribution < -0.4 is 15.0 Å². The van der Waals surface area contributed by atoms with Gasteiger partial charge < -0.3 is 19.9 Å². The molecule has 28 heavy (non-hydrogen) atoms. The molecule has 6 nitrogen and oxygen atoms in total. The highest BCUT2D eigenvalue weighted by Crippen LogP contribution is 2.29. The third-order valence-corrected chi connectivity index (χ3v) is 5.46. The van der Waals surface area contributed by atoms with Gasteiger partial charge in [-0.2, -0.15) is 0 Å². The minimum Gasteiger partial charge on any atom is -0.426 e. The highest BCUT2D eigenvalue weighted by molar-refractivity contribution is 6.30. The van der Waals surface area contributed by atoms with Gasteiger partial charge in [0.15, 0.2) is 0 Å². The molecule has 0 bridgehead atoms. The van der Waals surface area contributed by atoms with Crippen LogP contribution in [0.5, 0.6) is 5.75 Å². The summed E-state index contributed by atoms with van der Waals surface area (Å²) in [7, 11) is 0. The molecule has 1 N–H and O–H groups in total. The van der Waals surface area contributed by atoms with Crippen molar-refractivity contribution in [2.24, 2.45) is 0 Å². The standard InChI is InChI=1S/C21H22ClN3O3/c1-14-13-24(8-9-25(14)18-6-3-16(22)4-7-18)20(26)12-23-17-5-2-15-10-21(27)28-19(15)11-17/h2-7,11,14,23H,8-10,12-13H2,1H3/t14-/m1/s1. The number of piperazine rings is 1. The van der Waals surface area contributed by atoms with E-state index < -0.39 is 0 Å². The Kier molecular flexibility index (Phi) is 5.13. The number of nitrogens with zero attached hydrogens (tertiary/aromatic N) is 2. The number of hydrogen-bond acceptors (Lipinski definition) is 5. The number of benzene rings is 2. The predicted molar refractivity (Wildman–Crippen MR) is 109 cm³/mol. The van der Waals surface area contributed by atoms with Gasteiger partial charge in [-0.15, -0.1) is 0 Å². The van der Waals surface area contributed by atoms with Crippen LogP contribution in [0.2, 0.25) is 5.02 Å². The third-order valence-electron chi connectivity index (χ3n) is 5.21. The van der Waals surface area contributed by atoms with E-state index in [9.17, 15) is 9.59 Å². The molecule has 2 aromatic carbocycles. The van der Waals surface area contributed by atoms with E-state index in [1.807, 2.05) is 41.3 Å². The van der Waals surface area contributed by atoms with E-state index in [4.69, 9.17) is 16.3 Å². The Morgan fingerprint density at radius 2 is 2.00 bits per heavy atom. The molecule has 1 atom stereocenters. The van der Waals surface area contributed by atoms with Crippen LogP contribution in [0.4, 0.5) is 11.4 Å². The molecule has 2 aliphatic rings. The molecule has 0 aliphatic carbocycles. The number of carbonyl (C=O) groups is 2. The smallest absolute Gasteiger partial charge is 0.315 e. The summed E-state index contributed by atoms with van der Waals surface area (Å²) >= 11 is 5.97. The van der Waals surface area contributed by atoms with Gasteiger partial charge in [-0.1, -0.05) is 17.7 Å². The van der Waals surface area contributed by atoms with Gasteiger partial charge in [0.25, 0.3) is 0 Å². The zero-order valence-corrected chi connectivity index (χ0v) is 16.4. The Morgan fingerprint density at radius 3 is 2.75 bits per heavy atom. The number of amides is 1. The number of nitrogens with one attached hydrogen (secondary N) is 1. The van der Waals surface area contributed by atoms with Gasteiger partial charge in [-0.3, -0.25) is 9.59 Å². The van der Waals surface area contributed by atoms with E-state index >= 15 is 0 Å². The molecule has 2 heterocycles. The number of halogens is 1. The first-order valence-electron chi connectivity index (χ1n) is 9.37. The maximum absolute atomic E-state index is 12.6. The summed E-state index contributed by atoms with van der Waals surface area (Å²) in [5.74, 6) is 0.392. The number of carbonyl (C=O) groups excluding carboxylic acids is 2. The monoisotopic (exact) mass is 399 g/mol. The molecule has 0 saturated carbocycles. The van der Waals surface area contributed by atoms with Crippen molar-refractivity contribution in [2.75, 3.05) is 36.4 Å². The molecule has 146 valence electrons. The second-order valence-corrected chi connectivity index (χ2v) is 7.62.